The molecule has 1 saturated heterocycles. The Morgan fingerprint density at radius 3 is 2.80 bits per heavy atom. The van der Waals surface area contributed by atoms with Crippen LogP contribution < -0.4 is 16.4 Å². The van der Waals surface area contributed by atoms with Gasteiger partial charge in [0.2, 0.25) is 0 Å². The van der Waals surface area contributed by atoms with Crippen LogP contribution in [0.5, 0.6) is 0 Å². The average molecular weight is 336 g/mol. The SMILES string of the molecule is CC1(N)CCN(c2c(C(N)=O)cncc2-c2nc3ccccc3[nH]2)C1. The van der Waals surface area contributed by atoms with Gasteiger partial charge in [-0.05, 0) is 25.5 Å². The molecule has 1 aliphatic heterocycles. The fraction of sp³-hybridized carbons (Fsp3) is 0.278. The van der Waals surface area contributed by atoms with E-state index >= 15 is 0 Å². The normalized spacial score (nSPS) is 20.3. The molecular formula is C18H20N6O. The topological polar surface area (TPSA) is 114 Å². The number of rotatable bonds is 3. The van der Waals surface area contributed by atoms with Crippen LogP contribution in [0.3, 0.4) is 0 Å². The van der Waals surface area contributed by atoms with E-state index in [0.29, 0.717) is 17.9 Å². The number of primary amides is 1. The molecule has 4 rings (SSSR count). The van der Waals surface area contributed by atoms with E-state index in [-0.39, 0.29) is 5.54 Å². The third-order valence-corrected chi connectivity index (χ3v) is 4.65. The lowest BCUT2D eigenvalue weighted by molar-refractivity contribution is 0.100. The lowest BCUT2D eigenvalue weighted by Gasteiger charge is -2.25. The molecule has 3 aromatic rings. The Kier molecular flexibility index (Phi) is 3.47. The van der Waals surface area contributed by atoms with Gasteiger partial charge in [0.25, 0.3) is 5.91 Å². The zero-order chi connectivity index (χ0) is 17.6. The standard InChI is InChI=1S/C18H20N6O/c1-18(20)6-7-24(10-18)15-11(16(19)25)8-21-9-12(15)17-22-13-4-2-3-5-14(13)23-17/h2-5,8-9H,6-7,10,20H2,1H3,(H2,19,25)(H,22,23). The van der Waals surface area contributed by atoms with E-state index in [4.69, 9.17) is 11.5 Å². The second kappa shape index (κ2) is 5.56. The number of hydrogen-bond acceptors (Lipinski definition) is 5. The number of H-pyrrole nitrogens is 1. The number of para-hydroxylation sites is 2. The van der Waals surface area contributed by atoms with Crippen LogP contribution in [0.4, 0.5) is 5.69 Å². The summed E-state index contributed by atoms with van der Waals surface area (Å²) >= 11 is 0. The molecule has 1 aromatic carbocycles. The van der Waals surface area contributed by atoms with Crippen molar-refractivity contribution in [3.05, 3.63) is 42.2 Å². The monoisotopic (exact) mass is 336 g/mol. The number of aromatic amines is 1. The largest absolute Gasteiger partial charge is 0.368 e. The number of carbonyl (C=O) groups is 1. The summed E-state index contributed by atoms with van der Waals surface area (Å²) < 4.78 is 0. The van der Waals surface area contributed by atoms with E-state index in [1.165, 1.54) is 6.20 Å². The minimum atomic E-state index is -0.508. The molecule has 128 valence electrons. The van der Waals surface area contributed by atoms with Crippen molar-refractivity contribution >= 4 is 22.6 Å². The van der Waals surface area contributed by atoms with Gasteiger partial charge in [0.1, 0.15) is 5.82 Å². The Morgan fingerprint density at radius 2 is 2.12 bits per heavy atom. The van der Waals surface area contributed by atoms with Crippen LogP contribution in [0.15, 0.2) is 36.7 Å². The van der Waals surface area contributed by atoms with Crippen LogP contribution >= 0.6 is 0 Å². The van der Waals surface area contributed by atoms with Crippen LogP contribution in [-0.4, -0.2) is 39.5 Å². The van der Waals surface area contributed by atoms with Crippen molar-refractivity contribution in [1.29, 1.82) is 0 Å². The first kappa shape index (κ1) is 15.6. The Hall–Kier alpha value is -2.93. The predicted molar refractivity (Wildman–Crippen MR) is 97.3 cm³/mol. The van der Waals surface area contributed by atoms with Crippen molar-refractivity contribution in [2.24, 2.45) is 11.5 Å². The van der Waals surface area contributed by atoms with E-state index in [1.54, 1.807) is 6.20 Å². The molecular weight excluding hydrogens is 316 g/mol. The molecule has 3 heterocycles. The van der Waals surface area contributed by atoms with E-state index in [1.807, 2.05) is 31.2 Å². The van der Waals surface area contributed by atoms with Crippen molar-refractivity contribution < 1.29 is 4.79 Å². The van der Waals surface area contributed by atoms with E-state index in [9.17, 15) is 4.79 Å². The van der Waals surface area contributed by atoms with Crippen molar-refractivity contribution in [1.82, 2.24) is 15.0 Å². The number of nitrogens with one attached hydrogen (secondary N) is 1. The maximum absolute atomic E-state index is 12.0. The Labute approximate surface area is 145 Å². The van der Waals surface area contributed by atoms with Gasteiger partial charge in [0.15, 0.2) is 0 Å². The lowest BCUT2D eigenvalue weighted by atomic mass is 10.0. The van der Waals surface area contributed by atoms with Gasteiger partial charge in [-0.1, -0.05) is 12.1 Å². The molecule has 0 radical (unpaired) electrons. The highest BCUT2D eigenvalue weighted by atomic mass is 16.1. The summed E-state index contributed by atoms with van der Waals surface area (Å²) in [6.45, 7) is 3.41. The third kappa shape index (κ3) is 2.72. The number of nitrogens with two attached hydrogens (primary N) is 2. The second-order valence-corrected chi connectivity index (χ2v) is 6.88. The molecule has 0 saturated carbocycles. The van der Waals surface area contributed by atoms with Crippen molar-refractivity contribution in [3.8, 4) is 11.4 Å². The van der Waals surface area contributed by atoms with Crippen LogP contribution in [0.2, 0.25) is 0 Å². The Bertz CT molecular complexity index is 928. The Morgan fingerprint density at radius 1 is 1.32 bits per heavy atom. The summed E-state index contributed by atoms with van der Waals surface area (Å²) in [7, 11) is 0. The number of anilines is 1. The molecule has 7 nitrogen and oxygen atoms in total. The molecule has 0 bridgehead atoms. The van der Waals surface area contributed by atoms with E-state index < -0.39 is 5.91 Å². The number of fused-ring (bicyclic) bond motifs is 1. The lowest BCUT2D eigenvalue weighted by Crippen LogP contribution is -2.39. The molecule has 5 N–H and O–H groups in total. The van der Waals surface area contributed by atoms with Gasteiger partial charge in [-0.15, -0.1) is 0 Å². The average Bonchev–Trinajstić information content (AvgIpc) is 3.16. The van der Waals surface area contributed by atoms with E-state index in [0.717, 1.165) is 35.2 Å². The maximum atomic E-state index is 12.0. The molecule has 1 aliphatic rings. The van der Waals surface area contributed by atoms with Crippen LogP contribution in [-0.2, 0) is 0 Å². The second-order valence-electron chi connectivity index (χ2n) is 6.88. The molecule has 1 amide bonds. The van der Waals surface area contributed by atoms with Gasteiger partial charge >= 0.3 is 0 Å². The number of benzene rings is 1. The minimum absolute atomic E-state index is 0.302. The first-order valence-electron chi connectivity index (χ1n) is 8.21. The van der Waals surface area contributed by atoms with Gasteiger partial charge in [0, 0.05) is 31.0 Å². The number of nitrogens with zero attached hydrogens (tertiary/aromatic N) is 3. The molecule has 1 unspecified atom stereocenters. The van der Waals surface area contributed by atoms with Crippen LogP contribution in [0, 0.1) is 0 Å². The summed E-state index contributed by atoms with van der Waals surface area (Å²) in [6.07, 6.45) is 4.06. The first-order valence-corrected chi connectivity index (χ1v) is 8.21. The fourth-order valence-electron chi connectivity index (χ4n) is 3.40. The van der Waals surface area contributed by atoms with Crippen LogP contribution in [0.1, 0.15) is 23.7 Å². The molecule has 2 aromatic heterocycles. The molecule has 7 heteroatoms. The quantitative estimate of drug-likeness (QED) is 0.673. The van der Waals surface area contributed by atoms with Gasteiger partial charge in [-0.25, -0.2) is 4.98 Å². The van der Waals surface area contributed by atoms with E-state index in [2.05, 4.69) is 19.9 Å². The van der Waals surface area contributed by atoms with Crippen LogP contribution in [0.25, 0.3) is 22.4 Å². The molecule has 1 atom stereocenters. The number of pyridine rings is 1. The van der Waals surface area contributed by atoms with Crippen molar-refractivity contribution in [2.45, 2.75) is 18.9 Å². The first-order chi connectivity index (χ1) is 11.9. The highest BCUT2D eigenvalue weighted by Crippen LogP contribution is 2.36. The molecule has 0 spiro atoms. The predicted octanol–water partition coefficient (Wildman–Crippen LogP) is 1.65. The van der Waals surface area contributed by atoms with Gasteiger partial charge < -0.3 is 21.4 Å². The summed E-state index contributed by atoms with van der Waals surface area (Å²) in [4.78, 5) is 26.2. The number of carbonyl (C=O) groups excluding carboxylic acids is 1. The summed E-state index contributed by atoms with van der Waals surface area (Å²) in [6, 6.07) is 7.78. The summed E-state index contributed by atoms with van der Waals surface area (Å²) in [5.74, 6) is 0.156. The zero-order valence-electron chi connectivity index (χ0n) is 14.0. The number of imidazole rings is 1. The smallest absolute Gasteiger partial charge is 0.252 e. The minimum Gasteiger partial charge on any atom is -0.368 e. The maximum Gasteiger partial charge on any atom is 0.252 e. The van der Waals surface area contributed by atoms with Gasteiger partial charge in [-0.3, -0.25) is 9.78 Å². The summed E-state index contributed by atoms with van der Waals surface area (Å²) in [5, 5.41) is 0. The summed E-state index contributed by atoms with van der Waals surface area (Å²) in [5.41, 5.74) is 15.3. The van der Waals surface area contributed by atoms with Crippen molar-refractivity contribution in [3.63, 3.8) is 0 Å². The number of hydrogen-bond donors (Lipinski definition) is 3. The number of amides is 1. The van der Waals surface area contributed by atoms with Crippen molar-refractivity contribution in [2.75, 3.05) is 18.0 Å². The third-order valence-electron chi connectivity index (χ3n) is 4.65. The zero-order valence-corrected chi connectivity index (χ0v) is 14.0. The number of aromatic nitrogens is 3. The molecule has 25 heavy (non-hydrogen) atoms. The Balaban J connectivity index is 1.90. The molecule has 0 aliphatic carbocycles. The molecule has 1 fully saturated rings. The highest BCUT2D eigenvalue weighted by Gasteiger charge is 2.33. The highest BCUT2D eigenvalue weighted by molar-refractivity contribution is 6.02. The van der Waals surface area contributed by atoms with Gasteiger partial charge in [0.05, 0.1) is 27.8 Å². The van der Waals surface area contributed by atoms with Gasteiger partial charge in [-0.2, -0.15) is 0 Å². The fourth-order valence-corrected chi connectivity index (χ4v) is 3.40.